The number of nitrogens with zero attached hydrogens (tertiary/aromatic N) is 1. The lowest BCUT2D eigenvalue weighted by Crippen LogP contribution is -2.33. The van der Waals surface area contributed by atoms with Crippen molar-refractivity contribution in [1.82, 2.24) is 9.88 Å². The Morgan fingerprint density at radius 1 is 1.13 bits per heavy atom. The summed E-state index contributed by atoms with van der Waals surface area (Å²) in [6, 6.07) is 11.2. The fourth-order valence-electron chi connectivity index (χ4n) is 3.75. The van der Waals surface area contributed by atoms with Crippen molar-refractivity contribution in [3.8, 4) is 5.75 Å². The number of H-pyrrole nitrogens is 1. The number of nitrogens with one attached hydrogen (secondary N) is 1. The lowest BCUT2D eigenvalue weighted by molar-refractivity contribution is 0.105. The fraction of sp³-hybridized carbons (Fsp3) is 0.417. The molecule has 2 aromatic carbocycles. The largest absolute Gasteiger partial charge is 0.494 e. The first-order valence-electron chi connectivity index (χ1n) is 10.6. The first-order chi connectivity index (χ1) is 14.6. The predicted octanol–water partition coefficient (Wildman–Crippen LogP) is 6.63. The molecule has 6 heteroatoms. The van der Waals surface area contributed by atoms with Gasteiger partial charge in [0.05, 0.1) is 18.2 Å². The van der Waals surface area contributed by atoms with Crippen LogP contribution in [0, 0.1) is 0 Å². The quantitative estimate of drug-likeness (QED) is 0.468. The third-order valence-corrected chi connectivity index (χ3v) is 5.52. The topological polar surface area (TPSA) is 48.5 Å². The van der Waals surface area contributed by atoms with E-state index >= 15 is 0 Å². The van der Waals surface area contributed by atoms with Gasteiger partial charge in [-0.1, -0.05) is 63.0 Å². The Balaban J connectivity index is 0.000000757. The average molecular weight is 451 g/mol. The molecule has 1 unspecified atom stereocenters. The zero-order chi connectivity index (χ0) is 22.3. The van der Waals surface area contributed by atoms with E-state index in [9.17, 15) is 5.11 Å². The van der Waals surface area contributed by atoms with E-state index in [-0.39, 0.29) is 0 Å². The van der Waals surface area contributed by atoms with E-state index < -0.39 is 6.10 Å². The van der Waals surface area contributed by atoms with Gasteiger partial charge in [-0.15, -0.1) is 0 Å². The molecular formula is C24H32Cl2N2O2. The Bertz CT molecular complexity index is 956. The highest BCUT2D eigenvalue weighted by Crippen LogP contribution is 2.38. The van der Waals surface area contributed by atoms with Gasteiger partial charge in [-0.2, -0.15) is 0 Å². The highest BCUT2D eigenvalue weighted by molar-refractivity contribution is 6.33. The van der Waals surface area contributed by atoms with Crippen molar-refractivity contribution in [2.45, 2.75) is 46.8 Å². The molecule has 0 saturated carbocycles. The van der Waals surface area contributed by atoms with Gasteiger partial charge >= 0.3 is 0 Å². The number of methoxy groups -OCH3 is 1. The summed E-state index contributed by atoms with van der Waals surface area (Å²) in [4.78, 5) is 5.73. The van der Waals surface area contributed by atoms with Gasteiger partial charge in [-0.25, -0.2) is 0 Å². The number of aliphatic hydroxyl groups is 1. The molecule has 0 spiro atoms. The minimum absolute atomic E-state index is 0.563. The van der Waals surface area contributed by atoms with E-state index in [1.54, 1.807) is 7.11 Å². The van der Waals surface area contributed by atoms with Gasteiger partial charge < -0.3 is 14.8 Å². The number of fused-ring (bicyclic) bond motifs is 3. The van der Waals surface area contributed by atoms with Crippen molar-refractivity contribution < 1.29 is 9.84 Å². The maximum atomic E-state index is 10.6. The van der Waals surface area contributed by atoms with Crippen molar-refractivity contribution in [3.05, 3.63) is 63.3 Å². The zero-order valence-corrected chi connectivity index (χ0v) is 19.9. The van der Waals surface area contributed by atoms with Crippen molar-refractivity contribution in [2.75, 3.05) is 20.2 Å². The number of hydrogen-bond donors (Lipinski definition) is 2. The van der Waals surface area contributed by atoms with Gasteiger partial charge in [0, 0.05) is 41.3 Å². The summed E-state index contributed by atoms with van der Waals surface area (Å²) in [5.41, 5.74) is 4.29. The summed E-state index contributed by atoms with van der Waals surface area (Å²) in [6.07, 6.45) is 0.317. The van der Waals surface area contributed by atoms with Gasteiger partial charge in [0.1, 0.15) is 5.75 Å². The number of benzene rings is 2. The summed E-state index contributed by atoms with van der Waals surface area (Å²) in [5.74, 6) is 0.731. The number of β-amino-alcohol motifs (C(OH)–C–C–N with tert-alkyl or cyclic N) is 1. The summed E-state index contributed by atoms with van der Waals surface area (Å²) in [6.45, 7) is 10.2. The van der Waals surface area contributed by atoms with Gasteiger partial charge in [0.2, 0.25) is 0 Å². The summed E-state index contributed by atoms with van der Waals surface area (Å²) < 4.78 is 5.53. The van der Waals surface area contributed by atoms with Crippen molar-refractivity contribution >= 4 is 34.1 Å². The second-order valence-corrected chi connectivity index (χ2v) is 7.48. The number of hydrogen-bond acceptors (Lipinski definition) is 3. The Labute approximate surface area is 189 Å². The molecule has 4 nitrogen and oxygen atoms in total. The molecule has 0 bridgehead atoms. The number of aliphatic hydroxyl groups excluding tert-OH is 1. The van der Waals surface area contributed by atoms with E-state index in [1.807, 2.05) is 64.1 Å². The molecule has 1 atom stereocenters. The highest BCUT2D eigenvalue weighted by Gasteiger charge is 2.25. The number of rotatable bonds is 4. The normalized spacial score (nSPS) is 14.1. The van der Waals surface area contributed by atoms with Gasteiger partial charge in [-0.3, -0.25) is 4.90 Å². The van der Waals surface area contributed by atoms with Gasteiger partial charge in [0.25, 0.3) is 0 Å². The molecule has 4 rings (SSSR count). The molecule has 1 aliphatic heterocycles. The molecule has 30 heavy (non-hydrogen) atoms. The van der Waals surface area contributed by atoms with Crippen molar-refractivity contribution in [3.63, 3.8) is 0 Å². The molecule has 0 fully saturated rings. The number of halogens is 2. The monoisotopic (exact) mass is 450 g/mol. The molecule has 0 aliphatic carbocycles. The fourth-order valence-corrected chi connectivity index (χ4v) is 4.19. The second-order valence-electron chi connectivity index (χ2n) is 6.64. The third-order valence-electron chi connectivity index (χ3n) is 4.99. The first kappa shape index (κ1) is 24.5. The van der Waals surface area contributed by atoms with Crippen LogP contribution in [0.25, 0.3) is 10.9 Å². The maximum absolute atomic E-state index is 10.6. The molecule has 164 valence electrons. The van der Waals surface area contributed by atoms with Crippen LogP contribution >= 0.6 is 23.2 Å². The summed E-state index contributed by atoms with van der Waals surface area (Å²) in [5, 5.41) is 12.9. The van der Waals surface area contributed by atoms with E-state index in [2.05, 4.69) is 9.88 Å². The molecule has 1 aliphatic rings. The Hall–Kier alpha value is -1.72. The van der Waals surface area contributed by atoms with E-state index in [0.29, 0.717) is 16.6 Å². The lowest BCUT2D eigenvalue weighted by Gasteiger charge is -2.29. The molecule has 0 radical (unpaired) electrons. The predicted molar refractivity (Wildman–Crippen MR) is 128 cm³/mol. The van der Waals surface area contributed by atoms with Crippen molar-refractivity contribution in [2.24, 2.45) is 0 Å². The van der Waals surface area contributed by atoms with Crippen molar-refractivity contribution in [1.29, 1.82) is 0 Å². The van der Waals surface area contributed by atoms with Crippen LogP contribution in [-0.4, -0.2) is 35.2 Å². The van der Waals surface area contributed by atoms with Crippen LogP contribution in [-0.2, 0) is 13.0 Å². The Morgan fingerprint density at radius 3 is 2.53 bits per heavy atom. The van der Waals surface area contributed by atoms with Crippen LogP contribution in [0.1, 0.15) is 50.6 Å². The van der Waals surface area contributed by atoms with E-state index in [0.717, 1.165) is 47.4 Å². The molecule has 0 saturated heterocycles. The molecule has 0 amide bonds. The van der Waals surface area contributed by atoms with Gasteiger partial charge in [0.15, 0.2) is 0 Å². The van der Waals surface area contributed by atoms with E-state index in [4.69, 9.17) is 27.9 Å². The van der Waals surface area contributed by atoms with Crippen LogP contribution in [0.2, 0.25) is 10.0 Å². The second kappa shape index (κ2) is 11.6. The number of ether oxygens (including phenoxy) is 1. The molecule has 1 aromatic heterocycles. The molecular weight excluding hydrogens is 419 g/mol. The molecule has 2 N–H and O–H groups in total. The minimum Gasteiger partial charge on any atom is -0.494 e. The first-order valence-corrected chi connectivity index (χ1v) is 11.3. The Morgan fingerprint density at radius 2 is 1.87 bits per heavy atom. The third kappa shape index (κ3) is 5.30. The SMILES string of the molecule is CC.CC.COc1c(Cl)ccc2[nH]c3c(c12)CCN(CC(O)c1cccc(Cl)c1)C3. The smallest absolute Gasteiger partial charge is 0.147 e. The molecule has 3 aromatic rings. The highest BCUT2D eigenvalue weighted by atomic mass is 35.5. The van der Waals surface area contributed by atoms with Crippen LogP contribution in [0.4, 0.5) is 0 Å². The Kier molecular flexibility index (Phi) is 9.50. The maximum Gasteiger partial charge on any atom is 0.147 e. The minimum atomic E-state index is -0.566. The van der Waals surface area contributed by atoms with Crippen LogP contribution < -0.4 is 4.74 Å². The van der Waals surface area contributed by atoms with Crippen LogP contribution in [0.15, 0.2) is 36.4 Å². The van der Waals surface area contributed by atoms with Crippen LogP contribution in [0.5, 0.6) is 5.75 Å². The summed E-state index contributed by atoms with van der Waals surface area (Å²) >= 11 is 12.3. The number of aromatic amines is 1. The molecule has 2 heterocycles. The standard InChI is InChI=1S/C20H20Cl2N2O2.2C2H6/c1-26-20-15(22)5-6-16-19(20)14-7-8-24(10-17(14)23-16)11-18(25)12-3-2-4-13(21)9-12;2*1-2/h2-6,9,18,23,25H,7-8,10-11H2,1H3;2*1-2H3. The van der Waals surface area contributed by atoms with E-state index in [1.165, 1.54) is 5.56 Å². The average Bonchev–Trinajstić information content (AvgIpc) is 3.14. The lowest BCUT2D eigenvalue weighted by atomic mass is 10.0. The van der Waals surface area contributed by atoms with Crippen LogP contribution in [0.3, 0.4) is 0 Å². The van der Waals surface area contributed by atoms with Gasteiger partial charge in [-0.05, 0) is 41.8 Å². The zero-order valence-electron chi connectivity index (χ0n) is 18.4. The number of aromatic nitrogens is 1. The summed E-state index contributed by atoms with van der Waals surface area (Å²) in [7, 11) is 1.65.